The highest BCUT2D eigenvalue weighted by molar-refractivity contribution is 14.1. The van der Waals surface area contributed by atoms with Crippen molar-refractivity contribution in [3.8, 4) is 0 Å². The van der Waals surface area contributed by atoms with Crippen LogP contribution in [0.3, 0.4) is 0 Å². The molecule has 1 unspecified atom stereocenters. The SMILES string of the molecule is CC(C)NC1CCCN(c2ccc(F)cc2I)C1=O. The van der Waals surface area contributed by atoms with E-state index in [-0.39, 0.29) is 23.8 Å². The van der Waals surface area contributed by atoms with Crippen LogP contribution in [-0.2, 0) is 4.79 Å². The first-order chi connectivity index (χ1) is 8.99. The van der Waals surface area contributed by atoms with Crippen molar-refractivity contribution in [2.24, 2.45) is 0 Å². The zero-order valence-electron chi connectivity index (χ0n) is 11.1. The van der Waals surface area contributed by atoms with Crippen LogP contribution in [0, 0.1) is 9.39 Å². The third kappa shape index (κ3) is 3.45. The zero-order valence-corrected chi connectivity index (χ0v) is 13.3. The quantitative estimate of drug-likeness (QED) is 0.823. The fourth-order valence-corrected chi connectivity index (χ4v) is 3.14. The number of piperidine rings is 1. The Kier molecular flexibility index (Phi) is 4.78. The van der Waals surface area contributed by atoms with E-state index in [9.17, 15) is 9.18 Å². The maximum Gasteiger partial charge on any atom is 0.244 e. The highest BCUT2D eigenvalue weighted by Gasteiger charge is 2.30. The van der Waals surface area contributed by atoms with Gasteiger partial charge in [0.2, 0.25) is 5.91 Å². The van der Waals surface area contributed by atoms with Crippen LogP contribution < -0.4 is 10.2 Å². The lowest BCUT2D eigenvalue weighted by molar-refractivity contribution is -0.121. The molecule has 1 aromatic rings. The van der Waals surface area contributed by atoms with Crippen LogP contribution >= 0.6 is 22.6 Å². The van der Waals surface area contributed by atoms with Gasteiger partial charge in [-0.3, -0.25) is 4.79 Å². The first-order valence-corrected chi connectivity index (χ1v) is 7.59. The van der Waals surface area contributed by atoms with Crippen molar-refractivity contribution < 1.29 is 9.18 Å². The number of benzene rings is 1. The summed E-state index contributed by atoms with van der Waals surface area (Å²) in [7, 11) is 0. The van der Waals surface area contributed by atoms with Gasteiger partial charge in [-0.1, -0.05) is 13.8 Å². The summed E-state index contributed by atoms with van der Waals surface area (Å²) in [5, 5.41) is 3.29. The van der Waals surface area contributed by atoms with Gasteiger partial charge in [-0.05, 0) is 53.6 Å². The molecule has 1 atom stereocenters. The maximum atomic E-state index is 13.1. The molecule has 5 heteroatoms. The topological polar surface area (TPSA) is 32.3 Å². The molecule has 19 heavy (non-hydrogen) atoms. The number of anilines is 1. The van der Waals surface area contributed by atoms with Crippen LogP contribution in [0.4, 0.5) is 10.1 Å². The highest BCUT2D eigenvalue weighted by Crippen LogP contribution is 2.27. The number of halogens is 2. The molecule has 0 bridgehead atoms. The number of hydrogen-bond donors (Lipinski definition) is 1. The van der Waals surface area contributed by atoms with E-state index < -0.39 is 0 Å². The molecule has 1 saturated heterocycles. The van der Waals surface area contributed by atoms with E-state index in [0.29, 0.717) is 6.54 Å². The van der Waals surface area contributed by atoms with E-state index >= 15 is 0 Å². The van der Waals surface area contributed by atoms with Gasteiger partial charge in [-0.25, -0.2) is 4.39 Å². The van der Waals surface area contributed by atoms with Crippen LogP contribution in [0.25, 0.3) is 0 Å². The summed E-state index contributed by atoms with van der Waals surface area (Å²) in [6, 6.07) is 4.70. The van der Waals surface area contributed by atoms with Crippen molar-refractivity contribution >= 4 is 34.2 Å². The average molecular weight is 376 g/mol. The third-order valence-corrected chi connectivity index (χ3v) is 4.04. The smallest absolute Gasteiger partial charge is 0.244 e. The number of rotatable bonds is 3. The molecule has 0 aliphatic carbocycles. The molecule has 1 N–H and O–H groups in total. The Morgan fingerprint density at radius 3 is 2.84 bits per heavy atom. The number of carbonyl (C=O) groups is 1. The van der Waals surface area contributed by atoms with E-state index in [1.807, 2.05) is 13.8 Å². The van der Waals surface area contributed by atoms with Crippen LogP contribution in [-0.4, -0.2) is 24.5 Å². The molecule has 1 amide bonds. The Balaban J connectivity index is 2.21. The normalized spacial score (nSPS) is 20.2. The average Bonchev–Trinajstić information content (AvgIpc) is 2.32. The first-order valence-electron chi connectivity index (χ1n) is 6.51. The Labute approximate surface area is 126 Å². The van der Waals surface area contributed by atoms with Gasteiger partial charge >= 0.3 is 0 Å². The summed E-state index contributed by atoms with van der Waals surface area (Å²) < 4.78 is 13.9. The lowest BCUT2D eigenvalue weighted by Gasteiger charge is -2.34. The lowest BCUT2D eigenvalue weighted by Crippen LogP contribution is -2.52. The van der Waals surface area contributed by atoms with E-state index in [2.05, 4.69) is 27.9 Å². The van der Waals surface area contributed by atoms with Crippen molar-refractivity contribution in [1.29, 1.82) is 0 Å². The monoisotopic (exact) mass is 376 g/mol. The molecule has 0 radical (unpaired) electrons. The second-order valence-corrected chi connectivity index (χ2v) is 6.26. The lowest BCUT2D eigenvalue weighted by atomic mass is 10.0. The van der Waals surface area contributed by atoms with Gasteiger partial charge in [0.15, 0.2) is 0 Å². The first kappa shape index (κ1) is 14.7. The predicted molar refractivity (Wildman–Crippen MR) is 82.8 cm³/mol. The largest absolute Gasteiger partial charge is 0.310 e. The van der Waals surface area contributed by atoms with E-state index in [4.69, 9.17) is 0 Å². The number of amides is 1. The Hall–Kier alpha value is -0.690. The van der Waals surface area contributed by atoms with Gasteiger partial charge in [-0.2, -0.15) is 0 Å². The van der Waals surface area contributed by atoms with E-state index in [0.717, 1.165) is 22.1 Å². The second-order valence-electron chi connectivity index (χ2n) is 5.10. The fraction of sp³-hybridized carbons (Fsp3) is 0.500. The van der Waals surface area contributed by atoms with Crippen LogP contribution in [0.1, 0.15) is 26.7 Å². The molecule has 3 nitrogen and oxygen atoms in total. The zero-order chi connectivity index (χ0) is 14.0. The van der Waals surface area contributed by atoms with Gasteiger partial charge in [0.05, 0.1) is 11.7 Å². The molecule has 1 heterocycles. The summed E-state index contributed by atoms with van der Waals surface area (Å²) in [4.78, 5) is 14.2. The predicted octanol–water partition coefficient (Wildman–Crippen LogP) is 2.92. The van der Waals surface area contributed by atoms with Crippen LogP contribution in [0.5, 0.6) is 0 Å². The summed E-state index contributed by atoms with van der Waals surface area (Å²) in [6.07, 6.45) is 1.83. The summed E-state index contributed by atoms with van der Waals surface area (Å²) in [6.45, 7) is 4.78. The Bertz CT molecular complexity index is 479. The molecule has 104 valence electrons. The molecular weight excluding hydrogens is 358 g/mol. The molecule has 1 aliphatic rings. The van der Waals surface area contributed by atoms with Gasteiger partial charge < -0.3 is 10.2 Å². The fourth-order valence-electron chi connectivity index (χ4n) is 2.37. The summed E-state index contributed by atoms with van der Waals surface area (Å²) in [5.74, 6) is -0.182. The van der Waals surface area contributed by atoms with Crippen molar-refractivity contribution in [3.63, 3.8) is 0 Å². The van der Waals surface area contributed by atoms with Crippen molar-refractivity contribution in [2.45, 2.75) is 38.8 Å². The minimum Gasteiger partial charge on any atom is -0.310 e. The molecular formula is C14H18FIN2O. The molecule has 0 spiro atoms. The molecule has 2 rings (SSSR count). The van der Waals surface area contributed by atoms with Gasteiger partial charge in [0, 0.05) is 16.2 Å². The minimum atomic E-state index is -0.269. The molecule has 0 aromatic heterocycles. The Morgan fingerprint density at radius 2 is 2.21 bits per heavy atom. The van der Waals surface area contributed by atoms with Gasteiger partial charge in [0.1, 0.15) is 5.82 Å². The number of nitrogens with zero attached hydrogens (tertiary/aromatic N) is 1. The molecule has 1 aliphatic heterocycles. The molecule has 0 saturated carbocycles. The Morgan fingerprint density at radius 1 is 1.47 bits per heavy atom. The number of nitrogens with one attached hydrogen (secondary N) is 1. The number of hydrogen-bond acceptors (Lipinski definition) is 2. The third-order valence-electron chi connectivity index (χ3n) is 3.17. The highest BCUT2D eigenvalue weighted by atomic mass is 127. The van der Waals surface area contributed by atoms with Crippen molar-refractivity contribution in [2.75, 3.05) is 11.4 Å². The minimum absolute atomic E-state index is 0.0875. The van der Waals surface area contributed by atoms with Crippen molar-refractivity contribution in [3.05, 3.63) is 27.6 Å². The van der Waals surface area contributed by atoms with Crippen LogP contribution in [0.2, 0.25) is 0 Å². The van der Waals surface area contributed by atoms with E-state index in [1.165, 1.54) is 12.1 Å². The molecule has 1 fully saturated rings. The standard InChI is InChI=1S/C14H18FIN2O/c1-9(2)17-12-4-3-7-18(14(12)19)13-6-5-10(15)8-11(13)16/h5-6,8-9,12,17H,3-4,7H2,1-2H3. The van der Waals surface area contributed by atoms with E-state index in [1.54, 1.807) is 11.0 Å². The van der Waals surface area contributed by atoms with Crippen LogP contribution in [0.15, 0.2) is 18.2 Å². The summed E-state index contributed by atoms with van der Waals surface area (Å²) in [5.41, 5.74) is 0.808. The number of carbonyl (C=O) groups excluding carboxylic acids is 1. The second kappa shape index (κ2) is 6.17. The molecule has 1 aromatic carbocycles. The van der Waals surface area contributed by atoms with Gasteiger partial charge in [0.25, 0.3) is 0 Å². The van der Waals surface area contributed by atoms with Crippen molar-refractivity contribution in [1.82, 2.24) is 5.32 Å². The summed E-state index contributed by atoms with van der Waals surface area (Å²) >= 11 is 2.08. The van der Waals surface area contributed by atoms with Gasteiger partial charge in [-0.15, -0.1) is 0 Å². The maximum absolute atomic E-state index is 13.1.